The lowest BCUT2D eigenvalue weighted by atomic mass is 9.92. The molecule has 4 rings (SSSR count). The van der Waals surface area contributed by atoms with Gasteiger partial charge in [0.05, 0.1) is 12.1 Å². The Labute approximate surface area is 182 Å². The summed E-state index contributed by atoms with van der Waals surface area (Å²) in [6, 6.07) is 6.50. The van der Waals surface area contributed by atoms with Gasteiger partial charge in [-0.05, 0) is 37.3 Å². The summed E-state index contributed by atoms with van der Waals surface area (Å²) in [6.45, 7) is 10.6. The summed E-state index contributed by atoms with van der Waals surface area (Å²) in [5, 5.41) is 0. The number of fused-ring (bicyclic) bond motifs is 1. The third-order valence-electron chi connectivity index (χ3n) is 6.53. The Balaban J connectivity index is 1.34. The highest BCUT2D eigenvalue weighted by molar-refractivity contribution is 5.83. The Hall–Kier alpha value is -2.61. The summed E-state index contributed by atoms with van der Waals surface area (Å²) in [4.78, 5) is 44.0. The molecule has 3 unspecified atom stereocenters. The summed E-state index contributed by atoms with van der Waals surface area (Å²) >= 11 is 0. The molecule has 3 heterocycles. The highest BCUT2D eigenvalue weighted by atomic mass is 16.4. The van der Waals surface area contributed by atoms with E-state index in [1.165, 1.54) is 11.0 Å². The van der Waals surface area contributed by atoms with Crippen molar-refractivity contribution in [2.24, 2.45) is 11.8 Å². The Morgan fingerprint density at radius 2 is 1.68 bits per heavy atom. The summed E-state index contributed by atoms with van der Waals surface area (Å²) in [5.41, 5.74) is 1.11. The van der Waals surface area contributed by atoms with Crippen LogP contribution in [0.1, 0.15) is 33.2 Å². The van der Waals surface area contributed by atoms with E-state index in [1.807, 2.05) is 11.0 Å². The topological polar surface area (TPSA) is 79.0 Å². The predicted octanol–water partition coefficient (Wildman–Crippen LogP) is 1.80. The number of hydrogen-bond acceptors (Lipinski definition) is 5. The number of oxazole rings is 1. The maximum absolute atomic E-state index is 13.1. The van der Waals surface area contributed by atoms with E-state index in [1.54, 1.807) is 30.0 Å². The molecule has 0 radical (unpaired) electrons. The number of para-hydroxylation sites is 2. The Morgan fingerprint density at radius 1 is 1.03 bits per heavy atom. The van der Waals surface area contributed by atoms with Gasteiger partial charge in [0.1, 0.15) is 6.04 Å². The number of likely N-dealkylation sites (tertiary alicyclic amines) is 1. The van der Waals surface area contributed by atoms with Crippen molar-refractivity contribution in [2.45, 2.75) is 33.2 Å². The van der Waals surface area contributed by atoms with Gasteiger partial charge >= 0.3 is 5.76 Å². The van der Waals surface area contributed by atoms with Gasteiger partial charge in [0.2, 0.25) is 11.8 Å². The molecular weight excluding hydrogens is 396 g/mol. The monoisotopic (exact) mass is 428 g/mol. The average molecular weight is 429 g/mol. The quantitative estimate of drug-likeness (QED) is 0.742. The van der Waals surface area contributed by atoms with Crippen LogP contribution in [0.2, 0.25) is 0 Å². The summed E-state index contributed by atoms with van der Waals surface area (Å²) in [6.07, 6.45) is 1.18. The molecule has 2 aliphatic heterocycles. The number of amides is 2. The minimum absolute atomic E-state index is 0.0988. The minimum atomic E-state index is -0.638. The second kappa shape index (κ2) is 8.86. The van der Waals surface area contributed by atoms with Crippen molar-refractivity contribution >= 4 is 22.9 Å². The number of carbonyl (C=O) groups is 2. The van der Waals surface area contributed by atoms with Crippen LogP contribution in [0.25, 0.3) is 11.1 Å². The van der Waals surface area contributed by atoms with Gasteiger partial charge in [-0.1, -0.05) is 26.0 Å². The molecule has 168 valence electrons. The molecule has 0 spiro atoms. The number of benzene rings is 1. The summed E-state index contributed by atoms with van der Waals surface area (Å²) < 4.78 is 6.70. The molecule has 31 heavy (non-hydrogen) atoms. The maximum Gasteiger partial charge on any atom is 0.420 e. The molecule has 0 N–H and O–H groups in total. The van der Waals surface area contributed by atoms with Gasteiger partial charge < -0.3 is 14.2 Å². The molecule has 2 aromatic rings. The van der Waals surface area contributed by atoms with Gasteiger partial charge in [0, 0.05) is 39.3 Å². The smallest absolute Gasteiger partial charge is 0.408 e. The van der Waals surface area contributed by atoms with E-state index in [2.05, 4.69) is 18.7 Å². The lowest BCUT2D eigenvalue weighted by Gasteiger charge is -2.38. The minimum Gasteiger partial charge on any atom is -0.408 e. The fourth-order valence-corrected chi connectivity index (χ4v) is 5.01. The molecule has 2 aliphatic rings. The first-order valence-corrected chi connectivity index (χ1v) is 11.2. The number of hydrogen-bond donors (Lipinski definition) is 0. The van der Waals surface area contributed by atoms with Crippen molar-refractivity contribution in [3.8, 4) is 0 Å². The molecular formula is C23H32N4O4. The molecule has 8 heteroatoms. The van der Waals surface area contributed by atoms with Crippen LogP contribution < -0.4 is 5.76 Å². The average Bonchev–Trinajstić information content (AvgIpc) is 3.08. The van der Waals surface area contributed by atoms with Crippen molar-refractivity contribution in [1.82, 2.24) is 19.3 Å². The zero-order valence-electron chi connectivity index (χ0n) is 18.6. The molecule has 0 aliphatic carbocycles. The molecule has 2 amide bonds. The van der Waals surface area contributed by atoms with E-state index in [4.69, 9.17) is 4.42 Å². The highest BCUT2D eigenvalue weighted by Gasteiger charge is 2.30. The van der Waals surface area contributed by atoms with Gasteiger partial charge in [0.15, 0.2) is 5.58 Å². The van der Waals surface area contributed by atoms with Crippen LogP contribution in [-0.2, 0) is 9.59 Å². The van der Waals surface area contributed by atoms with Crippen molar-refractivity contribution in [1.29, 1.82) is 0 Å². The van der Waals surface area contributed by atoms with E-state index in [-0.39, 0.29) is 11.8 Å². The molecule has 0 bridgehead atoms. The molecule has 1 aromatic heterocycles. The number of nitrogens with zero attached hydrogens (tertiary/aromatic N) is 4. The third-order valence-corrected chi connectivity index (χ3v) is 6.53. The van der Waals surface area contributed by atoms with Crippen LogP contribution in [0.15, 0.2) is 33.5 Å². The highest BCUT2D eigenvalue weighted by Crippen LogP contribution is 2.22. The van der Waals surface area contributed by atoms with Crippen LogP contribution in [-0.4, -0.2) is 76.9 Å². The second-order valence-electron chi connectivity index (χ2n) is 9.23. The first-order valence-electron chi connectivity index (χ1n) is 11.2. The Morgan fingerprint density at radius 3 is 2.35 bits per heavy atom. The molecule has 2 fully saturated rings. The van der Waals surface area contributed by atoms with Gasteiger partial charge in [-0.25, -0.2) is 4.79 Å². The van der Waals surface area contributed by atoms with Crippen molar-refractivity contribution in [3.63, 3.8) is 0 Å². The summed E-state index contributed by atoms with van der Waals surface area (Å²) in [7, 11) is 0. The van der Waals surface area contributed by atoms with Crippen molar-refractivity contribution in [3.05, 3.63) is 34.8 Å². The third kappa shape index (κ3) is 4.54. The normalized spacial score (nSPS) is 23.8. The van der Waals surface area contributed by atoms with Crippen LogP contribution in [0.5, 0.6) is 0 Å². The van der Waals surface area contributed by atoms with Crippen molar-refractivity contribution in [2.75, 3.05) is 45.8 Å². The lowest BCUT2D eigenvalue weighted by molar-refractivity contribution is -0.138. The van der Waals surface area contributed by atoms with Gasteiger partial charge in [0.25, 0.3) is 0 Å². The van der Waals surface area contributed by atoms with Gasteiger partial charge in [-0.2, -0.15) is 0 Å². The SMILES string of the molecule is CC1CC(C)CN(C(=O)CN2CCN(C(=O)C(C)n3c(=O)oc4ccccc43)CC2)C1. The van der Waals surface area contributed by atoms with Crippen LogP contribution >= 0.6 is 0 Å². The Kier molecular flexibility index (Phi) is 6.18. The van der Waals surface area contributed by atoms with Crippen LogP contribution in [0.3, 0.4) is 0 Å². The van der Waals surface area contributed by atoms with E-state index in [0.717, 1.165) is 13.1 Å². The standard InChI is InChI=1S/C23H32N4O4/c1-16-12-17(2)14-26(13-16)21(28)15-24-8-10-25(11-9-24)22(29)18(3)27-19-6-4-5-7-20(19)31-23(27)30/h4-7,16-18H,8-15H2,1-3H3. The molecule has 0 saturated carbocycles. The number of aromatic nitrogens is 1. The van der Waals surface area contributed by atoms with Crippen molar-refractivity contribution < 1.29 is 14.0 Å². The maximum atomic E-state index is 13.1. The first-order chi connectivity index (χ1) is 14.8. The zero-order chi connectivity index (χ0) is 22.1. The van der Waals surface area contributed by atoms with E-state index < -0.39 is 11.8 Å². The Bertz CT molecular complexity index is 994. The fraction of sp³-hybridized carbons (Fsp3) is 0.609. The summed E-state index contributed by atoms with van der Waals surface area (Å²) in [5.74, 6) is 0.662. The molecule has 3 atom stereocenters. The second-order valence-corrected chi connectivity index (χ2v) is 9.23. The van der Waals surface area contributed by atoms with E-state index in [9.17, 15) is 14.4 Å². The molecule has 1 aromatic carbocycles. The van der Waals surface area contributed by atoms with Crippen LogP contribution in [0.4, 0.5) is 0 Å². The van der Waals surface area contributed by atoms with Gasteiger partial charge in [-0.15, -0.1) is 0 Å². The predicted molar refractivity (Wildman–Crippen MR) is 118 cm³/mol. The number of rotatable bonds is 4. The number of piperidine rings is 1. The first kappa shape index (κ1) is 21.6. The lowest BCUT2D eigenvalue weighted by Crippen LogP contribution is -2.54. The van der Waals surface area contributed by atoms with Gasteiger partial charge in [-0.3, -0.25) is 19.1 Å². The van der Waals surface area contributed by atoms with E-state index >= 15 is 0 Å². The van der Waals surface area contributed by atoms with Crippen LogP contribution in [0, 0.1) is 11.8 Å². The number of carbonyl (C=O) groups excluding carboxylic acids is 2. The fourth-order valence-electron chi connectivity index (χ4n) is 5.01. The molecule has 8 nitrogen and oxygen atoms in total. The van der Waals surface area contributed by atoms with E-state index in [0.29, 0.717) is 55.7 Å². The largest absolute Gasteiger partial charge is 0.420 e. The molecule has 2 saturated heterocycles. The zero-order valence-corrected chi connectivity index (χ0v) is 18.6. The number of piperazine rings is 1.